The summed E-state index contributed by atoms with van der Waals surface area (Å²) in [5.74, 6) is -0.214. The second kappa shape index (κ2) is 7.84. The molecule has 2 aromatic rings. The number of amides is 1. The average molecular weight is 363 g/mol. The van der Waals surface area contributed by atoms with Gasteiger partial charge in [-0.3, -0.25) is 10.2 Å². The van der Waals surface area contributed by atoms with Crippen LogP contribution in [0, 0.1) is 19.8 Å². The monoisotopic (exact) mass is 363 g/mol. The molecule has 136 valence electrons. The molecule has 0 spiro atoms. The zero-order valence-electron chi connectivity index (χ0n) is 15.0. The Labute approximate surface area is 149 Å². The van der Waals surface area contributed by atoms with Gasteiger partial charge >= 0.3 is 0 Å². The van der Waals surface area contributed by atoms with E-state index in [1.807, 2.05) is 62.6 Å². The Bertz CT molecular complexity index is 840. The summed E-state index contributed by atoms with van der Waals surface area (Å²) in [5, 5.41) is 0. The maximum absolute atomic E-state index is 12.4. The van der Waals surface area contributed by atoms with Gasteiger partial charge in [0, 0.05) is 17.1 Å². The van der Waals surface area contributed by atoms with Crippen LogP contribution in [0.15, 0.2) is 36.4 Å². The van der Waals surface area contributed by atoms with Gasteiger partial charge in [0.25, 0.3) is 5.91 Å². The van der Waals surface area contributed by atoms with Crippen LogP contribution in [0.1, 0.15) is 42.0 Å². The number of hydrogen-bond donors (Lipinski definition) is 2. The molecule has 25 heavy (non-hydrogen) atoms. The van der Waals surface area contributed by atoms with Gasteiger partial charge in [0.05, 0.1) is 11.3 Å². The van der Waals surface area contributed by atoms with Crippen LogP contribution < -0.4 is 10.3 Å². The average Bonchev–Trinajstić information content (AvgIpc) is 2.86. The molecule has 0 radical (unpaired) electrons. The molecule has 2 rings (SSSR count). The predicted molar refractivity (Wildman–Crippen MR) is 99.1 cm³/mol. The number of nitrogens with one attached hydrogen (secondary N) is 2. The molecule has 0 aliphatic carbocycles. The summed E-state index contributed by atoms with van der Waals surface area (Å²) in [6.45, 7) is 7.64. The lowest BCUT2D eigenvalue weighted by Crippen LogP contribution is -2.43. The largest absolute Gasteiger partial charge is 0.318 e. The van der Waals surface area contributed by atoms with Gasteiger partial charge in [-0.1, -0.05) is 32.0 Å². The molecule has 2 N–H and O–H groups in total. The lowest BCUT2D eigenvalue weighted by Gasteiger charge is -2.11. The zero-order chi connectivity index (χ0) is 18.6. The summed E-state index contributed by atoms with van der Waals surface area (Å²) in [7, 11) is -3.54. The molecule has 0 saturated heterocycles. The van der Waals surface area contributed by atoms with E-state index >= 15 is 0 Å². The number of carbonyl (C=O) groups excluding carboxylic acids is 1. The van der Waals surface area contributed by atoms with Gasteiger partial charge in [-0.05, 0) is 44.4 Å². The molecule has 1 heterocycles. The smallest absolute Gasteiger partial charge is 0.268 e. The highest BCUT2D eigenvalue weighted by molar-refractivity contribution is 7.89. The van der Waals surface area contributed by atoms with E-state index in [0.717, 1.165) is 17.1 Å². The van der Waals surface area contributed by atoms with E-state index in [-0.39, 0.29) is 11.7 Å². The summed E-state index contributed by atoms with van der Waals surface area (Å²) in [4.78, 5) is 14.6. The molecule has 1 amide bonds. The molecular weight excluding hydrogens is 338 g/mol. The van der Waals surface area contributed by atoms with Crippen LogP contribution in [0.25, 0.3) is 5.69 Å². The maximum Gasteiger partial charge on any atom is 0.268 e. The minimum atomic E-state index is -3.54. The Balaban J connectivity index is 2.13. The molecule has 0 aliphatic rings. The summed E-state index contributed by atoms with van der Waals surface area (Å²) in [5.41, 5.74) is 5.35. The number of hydrazine groups is 1. The lowest BCUT2D eigenvalue weighted by molar-refractivity contribution is 0.0944. The van der Waals surface area contributed by atoms with E-state index < -0.39 is 15.9 Å². The number of rotatable bonds is 7. The molecule has 6 nitrogen and oxygen atoms in total. The van der Waals surface area contributed by atoms with Crippen LogP contribution in [0.2, 0.25) is 0 Å². The Hall–Kier alpha value is -2.12. The van der Waals surface area contributed by atoms with Gasteiger partial charge in [-0.2, -0.15) is 0 Å². The second-order valence-electron chi connectivity index (χ2n) is 6.51. The number of hydrogen-bond acceptors (Lipinski definition) is 3. The number of benzene rings is 1. The second-order valence-corrected chi connectivity index (χ2v) is 8.36. The highest BCUT2D eigenvalue weighted by Gasteiger charge is 2.18. The highest BCUT2D eigenvalue weighted by atomic mass is 32.2. The fourth-order valence-electron chi connectivity index (χ4n) is 2.60. The van der Waals surface area contributed by atoms with E-state index in [9.17, 15) is 13.2 Å². The quantitative estimate of drug-likeness (QED) is 0.742. The molecule has 7 heteroatoms. The Morgan fingerprint density at radius 2 is 1.80 bits per heavy atom. The molecule has 0 saturated carbocycles. The van der Waals surface area contributed by atoms with Gasteiger partial charge in [0.2, 0.25) is 10.0 Å². The zero-order valence-corrected chi connectivity index (χ0v) is 15.9. The van der Waals surface area contributed by atoms with E-state index in [0.29, 0.717) is 12.0 Å². The Morgan fingerprint density at radius 1 is 1.16 bits per heavy atom. The molecular formula is C18H25N3O3S. The van der Waals surface area contributed by atoms with Crippen molar-refractivity contribution in [2.24, 2.45) is 5.92 Å². The van der Waals surface area contributed by atoms with Gasteiger partial charge < -0.3 is 4.57 Å². The van der Waals surface area contributed by atoms with Crippen molar-refractivity contribution in [3.8, 4) is 5.69 Å². The molecule has 0 fully saturated rings. The number of nitrogens with zero attached hydrogens (tertiary/aromatic N) is 1. The van der Waals surface area contributed by atoms with Crippen LogP contribution in [-0.4, -0.2) is 24.6 Å². The Kier molecular flexibility index (Phi) is 6.02. The van der Waals surface area contributed by atoms with Crippen LogP contribution in [0.4, 0.5) is 0 Å². The van der Waals surface area contributed by atoms with Crippen molar-refractivity contribution in [1.29, 1.82) is 0 Å². The van der Waals surface area contributed by atoms with Crippen LogP contribution in [0.5, 0.6) is 0 Å². The number of aromatic nitrogens is 1. The van der Waals surface area contributed by atoms with Crippen LogP contribution >= 0.6 is 0 Å². The first-order valence-electron chi connectivity index (χ1n) is 8.25. The topological polar surface area (TPSA) is 80.2 Å². The van der Waals surface area contributed by atoms with Crippen molar-refractivity contribution in [1.82, 2.24) is 14.8 Å². The first-order valence-corrected chi connectivity index (χ1v) is 9.90. The normalized spacial score (nSPS) is 11.7. The molecule has 0 atom stereocenters. The van der Waals surface area contributed by atoms with E-state index in [1.54, 1.807) is 6.07 Å². The molecule has 0 aliphatic heterocycles. The third-order valence-corrected chi connectivity index (χ3v) is 5.16. The van der Waals surface area contributed by atoms with Crippen molar-refractivity contribution in [3.63, 3.8) is 0 Å². The molecule has 0 unspecified atom stereocenters. The predicted octanol–water partition coefficient (Wildman–Crippen LogP) is 2.70. The summed E-state index contributed by atoms with van der Waals surface area (Å²) < 4.78 is 25.8. The fourth-order valence-corrected chi connectivity index (χ4v) is 3.73. The van der Waals surface area contributed by atoms with Gasteiger partial charge in [-0.25, -0.2) is 8.42 Å². The first-order chi connectivity index (χ1) is 11.7. The number of sulfonamides is 1. The standard InChI is InChI=1S/C18H25N3O3S/c1-13(2)10-11-25(23,24)20-19-18(22)17-12-14(3)21(15(17)4)16-8-6-5-7-9-16/h5-9,12-13,20H,10-11H2,1-4H3,(H,19,22). The van der Waals surface area contributed by atoms with Crippen molar-refractivity contribution in [2.75, 3.05) is 5.75 Å². The van der Waals surface area contributed by atoms with Crippen molar-refractivity contribution < 1.29 is 13.2 Å². The van der Waals surface area contributed by atoms with E-state index in [2.05, 4.69) is 10.3 Å². The van der Waals surface area contributed by atoms with E-state index in [1.165, 1.54) is 0 Å². The minimum absolute atomic E-state index is 0.0199. The number of para-hydroxylation sites is 1. The molecule has 1 aromatic carbocycles. The van der Waals surface area contributed by atoms with Gasteiger partial charge in [0.15, 0.2) is 0 Å². The van der Waals surface area contributed by atoms with Gasteiger partial charge in [-0.15, -0.1) is 4.83 Å². The summed E-state index contributed by atoms with van der Waals surface area (Å²) >= 11 is 0. The fraction of sp³-hybridized carbons (Fsp3) is 0.389. The maximum atomic E-state index is 12.4. The SMILES string of the molecule is Cc1cc(C(=O)NNS(=O)(=O)CCC(C)C)c(C)n1-c1ccccc1. The Morgan fingerprint density at radius 3 is 2.40 bits per heavy atom. The third kappa shape index (κ3) is 4.93. The lowest BCUT2D eigenvalue weighted by atomic mass is 10.2. The highest BCUT2D eigenvalue weighted by Crippen LogP contribution is 2.20. The van der Waals surface area contributed by atoms with Crippen molar-refractivity contribution >= 4 is 15.9 Å². The summed E-state index contributed by atoms with van der Waals surface area (Å²) in [6, 6.07) is 11.4. The number of carbonyl (C=O) groups is 1. The minimum Gasteiger partial charge on any atom is -0.318 e. The van der Waals surface area contributed by atoms with Crippen LogP contribution in [-0.2, 0) is 10.0 Å². The van der Waals surface area contributed by atoms with Crippen LogP contribution in [0.3, 0.4) is 0 Å². The molecule has 1 aromatic heterocycles. The summed E-state index contributed by atoms with van der Waals surface area (Å²) in [6.07, 6.45) is 0.535. The van der Waals surface area contributed by atoms with Crippen molar-refractivity contribution in [3.05, 3.63) is 53.3 Å². The molecule has 0 bridgehead atoms. The first kappa shape index (κ1) is 19.2. The third-order valence-electron chi connectivity index (χ3n) is 3.97. The van der Waals surface area contributed by atoms with E-state index in [4.69, 9.17) is 0 Å². The van der Waals surface area contributed by atoms with Gasteiger partial charge in [0.1, 0.15) is 0 Å². The van der Waals surface area contributed by atoms with Crippen molar-refractivity contribution in [2.45, 2.75) is 34.1 Å². The number of aryl methyl sites for hydroxylation is 1.